The van der Waals surface area contributed by atoms with Crippen molar-refractivity contribution < 1.29 is 9.13 Å². The van der Waals surface area contributed by atoms with Crippen molar-refractivity contribution in [2.45, 2.75) is 6.61 Å². The van der Waals surface area contributed by atoms with Crippen LogP contribution in [0, 0.1) is 11.2 Å². The minimum atomic E-state index is -0.577. The Labute approximate surface area is 115 Å². The second-order valence-corrected chi connectivity index (χ2v) is 4.36. The Hall–Kier alpha value is -2.07. The highest BCUT2D eigenvalue weighted by Gasteiger charge is 2.07. The second kappa shape index (κ2) is 5.71. The van der Waals surface area contributed by atoms with Crippen LogP contribution in [0.25, 0.3) is 0 Å². The molecule has 2 aromatic rings. The minimum absolute atomic E-state index is 0.0178. The number of ether oxygens (including phenoxy) is 1. The van der Waals surface area contributed by atoms with Crippen LogP contribution in [0.1, 0.15) is 11.1 Å². The molecule has 19 heavy (non-hydrogen) atoms. The van der Waals surface area contributed by atoms with E-state index in [1.54, 1.807) is 24.3 Å². The molecule has 0 aliphatic rings. The Morgan fingerprint density at radius 1 is 1.26 bits per heavy atom. The maximum absolute atomic E-state index is 13.6. The van der Waals surface area contributed by atoms with Crippen molar-refractivity contribution in [2.24, 2.45) is 5.73 Å². The number of nitrogen functional groups attached to an aromatic ring is 1. The highest BCUT2D eigenvalue weighted by atomic mass is 35.5. The predicted molar refractivity (Wildman–Crippen MR) is 73.2 cm³/mol. The van der Waals surface area contributed by atoms with E-state index in [9.17, 15) is 4.39 Å². The molecule has 0 unspecified atom stereocenters. The van der Waals surface area contributed by atoms with Crippen LogP contribution in [0.4, 0.5) is 4.39 Å². The quantitative estimate of drug-likeness (QED) is 0.666. The monoisotopic (exact) mass is 278 g/mol. The summed E-state index contributed by atoms with van der Waals surface area (Å²) < 4.78 is 19.0. The molecule has 0 aliphatic heterocycles. The van der Waals surface area contributed by atoms with Crippen molar-refractivity contribution in [1.82, 2.24) is 0 Å². The van der Waals surface area contributed by atoms with Crippen molar-refractivity contribution in [3.05, 3.63) is 64.4 Å². The molecule has 2 rings (SSSR count). The first-order valence-corrected chi connectivity index (χ1v) is 5.96. The highest BCUT2D eigenvalue weighted by Crippen LogP contribution is 2.24. The van der Waals surface area contributed by atoms with Gasteiger partial charge in [0.1, 0.15) is 12.4 Å². The third-order valence-electron chi connectivity index (χ3n) is 2.55. The fraction of sp³-hybridized carbons (Fsp3) is 0.0714. The molecule has 0 amide bonds. The number of hydrogen-bond acceptors (Lipinski definition) is 2. The van der Waals surface area contributed by atoms with Crippen LogP contribution in [-0.4, -0.2) is 5.84 Å². The molecule has 3 nitrogen and oxygen atoms in total. The third kappa shape index (κ3) is 3.23. The van der Waals surface area contributed by atoms with Crippen LogP contribution in [0.5, 0.6) is 5.75 Å². The largest absolute Gasteiger partial charge is 0.486 e. The van der Waals surface area contributed by atoms with E-state index in [-0.39, 0.29) is 23.2 Å². The summed E-state index contributed by atoms with van der Waals surface area (Å²) in [5.74, 6) is -0.497. The molecule has 0 radical (unpaired) electrons. The summed E-state index contributed by atoms with van der Waals surface area (Å²) in [4.78, 5) is 0. The summed E-state index contributed by atoms with van der Waals surface area (Å²) in [7, 11) is 0. The summed E-state index contributed by atoms with van der Waals surface area (Å²) in [6, 6.07) is 11.6. The number of hydrogen-bond donors (Lipinski definition) is 2. The van der Waals surface area contributed by atoms with E-state index in [1.807, 2.05) is 6.07 Å². The zero-order chi connectivity index (χ0) is 13.8. The zero-order valence-corrected chi connectivity index (χ0v) is 10.7. The van der Waals surface area contributed by atoms with Crippen LogP contribution in [0.15, 0.2) is 42.5 Å². The Balaban J connectivity index is 2.12. The fourth-order valence-electron chi connectivity index (χ4n) is 1.59. The second-order valence-electron chi connectivity index (χ2n) is 3.95. The lowest BCUT2D eigenvalue weighted by Gasteiger charge is -2.09. The van der Waals surface area contributed by atoms with Crippen molar-refractivity contribution in [3.63, 3.8) is 0 Å². The summed E-state index contributed by atoms with van der Waals surface area (Å²) in [5.41, 5.74) is 6.80. The van der Waals surface area contributed by atoms with E-state index in [2.05, 4.69) is 0 Å². The van der Waals surface area contributed by atoms with E-state index >= 15 is 0 Å². The van der Waals surface area contributed by atoms with Crippen molar-refractivity contribution in [2.75, 3.05) is 0 Å². The number of halogens is 2. The Morgan fingerprint density at radius 3 is 2.74 bits per heavy atom. The van der Waals surface area contributed by atoms with E-state index in [4.69, 9.17) is 27.5 Å². The molecule has 98 valence electrons. The highest BCUT2D eigenvalue weighted by molar-refractivity contribution is 6.30. The molecule has 5 heteroatoms. The van der Waals surface area contributed by atoms with E-state index in [0.29, 0.717) is 5.56 Å². The lowest BCUT2D eigenvalue weighted by atomic mass is 10.1. The summed E-state index contributed by atoms with van der Waals surface area (Å²) in [6.07, 6.45) is 0. The fourth-order valence-corrected chi connectivity index (χ4v) is 1.75. The maximum Gasteiger partial charge on any atom is 0.183 e. The average Bonchev–Trinajstić information content (AvgIpc) is 2.41. The number of rotatable bonds is 4. The molecule has 0 bridgehead atoms. The number of nitrogens with one attached hydrogen (secondary N) is 1. The van der Waals surface area contributed by atoms with E-state index in [0.717, 1.165) is 5.56 Å². The maximum atomic E-state index is 13.6. The molecule has 0 saturated carbocycles. The van der Waals surface area contributed by atoms with E-state index < -0.39 is 5.82 Å². The summed E-state index contributed by atoms with van der Waals surface area (Å²) in [5, 5.41) is 7.37. The molecule has 0 aliphatic carbocycles. The van der Waals surface area contributed by atoms with Gasteiger partial charge in [-0.3, -0.25) is 5.41 Å². The first kappa shape index (κ1) is 13.4. The molecule has 0 heterocycles. The molecule has 0 spiro atoms. The van der Waals surface area contributed by atoms with Gasteiger partial charge in [-0.15, -0.1) is 0 Å². The number of amidine groups is 1. The van der Waals surface area contributed by atoms with Crippen molar-refractivity contribution in [1.29, 1.82) is 5.41 Å². The minimum Gasteiger partial charge on any atom is -0.486 e. The van der Waals surface area contributed by atoms with Crippen LogP contribution < -0.4 is 10.5 Å². The van der Waals surface area contributed by atoms with E-state index in [1.165, 1.54) is 12.1 Å². The topological polar surface area (TPSA) is 59.1 Å². The van der Waals surface area contributed by atoms with Gasteiger partial charge in [-0.1, -0.05) is 35.9 Å². The number of nitrogens with two attached hydrogens (primary N) is 1. The van der Waals surface area contributed by atoms with Gasteiger partial charge in [0.15, 0.2) is 11.6 Å². The normalized spacial score (nSPS) is 10.2. The number of benzene rings is 2. The smallest absolute Gasteiger partial charge is 0.183 e. The Kier molecular flexibility index (Phi) is 4.02. The van der Waals surface area contributed by atoms with Gasteiger partial charge < -0.3 is 10.5 Å². The van der Waals surface area contributed by atoms with Crippen LogP contribution >= 0.6 is 11.6 Å². The Bertz CT molecular complexity index is 616. The summed E-state index contributed by atoms with van der Waals surface area (Å²) in [6.45, 7) is 0.179. The van der Waals surface area contributed by atoms with Gasteiger partial charge in [0.2, 0.25) is 0 Å². The van der Waals surface area contributed by atoms with Gasteiger partial charge in [-0.25, -0.2) is 4.39 Å². The molecule has 0 fully saturated rings. The summed E-state index contributed by atoms with van der Waals surface area (Å²) >= 11 is 5.66. The SMILES string of the molecule is N=C(N)c1cccc(COc2cccc(Cl)c2F)c1. The molecular formula is C14H12ClFN2O. The standard InChI is InChI=1S/C14H12ClFN2O/c15-11-5-2-6-12(13(11)16)19-8-9-3-1-4-10(7-9)14(17)18/h1-7H,8H2,(H3,17,18). The van der Waals surface area contributed by atoms with Gasteiger partial charge in [-0.2, -0.15) is 0 Å². The molecule has 2 aromatic carbocycles. The molecular weight excluding hydrogens is 267 g/mol. The average molecular weight is 279 g/mol. The van der Waals surface area contributed by atoms with Gasteiger partial charge in [0.25, 0.3) is 0 Å². The predicted octanol–water partition coefficient (Wildman–Crippen LogP) is 3.34. The molecule has 0 saturated heterocycles. The van der Waals surface area contributed by atoms with Crippen LogP contribution in [0.2, 0.25) is 5.02 Å². The first-order chi connectivity index (χ1) is 9.08. The molecule has 3 N–H and O–H groups in total. The van der Waals surface area contributed by atoms with Gasteiger partial charge in [-0.05, 0) is 23.8 Å². The first-order valence-electron chi connectivity index (χ1n) is 5.58. The van der Waals surface area contributed by atoms with Crippen molar-refractivity contribution >= 4 is 17.4 Å². The van der Waals surface area contributed by atoms with Crippen molar-refractivity contribution in [3.8, 4) is 5.75 Å². The third-order valence-corrected chi connectivity index (χ3v) is 2.84. The van der Waals surface area contributed by atoms with Gasteiger partial charge in [0.05, 0.1) is 5.02 Å². The Morgan fingerprint density at radius 2 is 2.00 bits per heavy atom. The lowest BCUT2D eigenvalue weighted by molar-refractivity contribution is 0.290. The van der Waals surface area contributed by atoms with Crippen LogP contribution in [0.3, 0.4) is 0 Å². The molecule has 0 atom stereocenters. The molecule has 0 aromatic heterocycles. The van der Waals surface area contributed by atoms with Gasteiger partial charge >= 0.3 is 0 Å². The lowest BCUT2D eigenvalue weighted by Crippen LogP contribution is -2.11. The van der Waals surface area contributed by atoms with Crippen LogP contribution in [-0.2, 0) is 6.61 Å². The van der Waals surface area contributed by atoms with Gasteiger partial charge in [0, 0.05) is 5.56 Å². The zero-order valence-electron chi connectivity index (χ0n) is 9.99.